The minimum absolute atomic E-state index is 0.0451. The third kappa shape index (κ3) is 4.97. The number of nitrogens with zero attached hydrogens (tertiary/aromatic N) is 4. The molecule has 0 saturated carbocycles. The third-order valence-electron chi connectivity index (χ3n) is 4.21. The first kappa shape index (κ1) is 21.3. The second-order valence-electron chi connectivity index (χ2n) is 6.74. The third-order valence-corrected chi connectivity index (χ3v) is 5.08. The first-order valence-corrected chi connectivity index (χ1v) is 10.5. The van der Waals surface area contributed by atoms with E-state index in [4.69, 9.17) is 4.55 Å². The van der Waals surface area contributed by atoms with Gasteiger partial charge < -0.3 is 0 Å². The fraction of sp³-hybridized carbons (Fsp3) is 0.200. The van der Waals surface area contributed by atoms with Gasteiger partial charge in [0.2, 0.25) is 0 Å². The summed E-state index contributed by atoms with van der Waals surface area (Å²) in [6.45, 7) is 3.60. The van der Waals surface area contributed by atoms with E-state index in [1.54, 1.807) is 6.92 Å². The van der Waals surface area contributed by atoms with Gasteiger partial charge in [0.1, 0.15) is 0 Å². The molecule has 0 bridgehead atoms. The van der Waals surface area contributed by atoms with Crippen molar-refractivity contribution in [2.45, 2.75) is 31.6 Å². The molecule has 156 valence electrons. The van der Waals surface area contributed by atoms with Gasteiger partial charge in [-0.1, -0.05) is 18.2 Å². The molecule has 30 heavy (non-hydrogen) atoms. The monoisotopic (exact) mass is 428 g/mol. The number of carbonyl (C=O) groups is 2. The van der Waals surface area contributed by atoms with Crippen LogP contribution in [0.4, 0.5) is 11.4 Å². The molecule has 1 N–H and O–H groups in total. The van der Waals surface area contributed by atoms with Crippen molar-refractivity contribution in [3.63, 3.8) is 0 Å². The lowest BCUT2D eigenvalue weighted by molar-refractivity contribution is -0.117. The summed E-state index contributed by atoms with van der Waals surface area (Å²) >= 11 is 0. The van der Waals surface area contributed by atoms with E-state index < -0.39 is 10.1 Å². The van der Waals surface area contributed by atoms with Crippen molar-refractivity contribution >= 4 is 44.7 Å². The Bertz CT molecular complexity index is 1130. The van der Waals surface area contributed by atoms with Crippen LogP contribution in [0.5, 0.6) is 0 Å². The molecule has 0 aromatic heterocycles. The lowest BCUT2D eigenvalue weighted by Crippen LogP contribution is -2.19. The van der Waals surface area contributed by atoms with Crippen LogP contribution >= 0.6 is 0 Å². The number of carbonyl (C=O) groups excluding carboxylic acids is 2. The molecule has 0 aliphatic carbocycles. The van der Waals surface area contributed by atoms with Crippen molar-refractivity contribution < 1.29 is 22.6 Å². The fourth-order valence-corrected chi connectivity index (χ4v) is 3.32. The van der Waals surface area contributed by atoms with Gasteiger partial charge in [-0.2, -0.15) is 18.6 Å². The summed E-state index contributed by atoms with van der Waals surface area (Å²) in [4.78, 5) is 22.7. The maximum atomic E-state index is 11.5. The fourth-order valence-electron chi connectivity index (χ4n) is 2.84. The number of hydrogen-bond acceptors (Lipinski definition) is 6. The largest absolute Gasteiger partial charge is 0.294 e. The van der Waals surface area contributed by atoms with E-state index >= 15 is 0 Å². The highest BCUT2D eigenvalue weighted by atomic mass is 32.2. The zero-order valence-corrected chi connectivity index (χ0v) is 17.2. The normalized spacial score (nSPS) is 16.2. The molecule has 9 nitrogen and oxygen atoms in total. The Morgan fingerprint density at radius 2 is 1.20 bits per heavy atom. The highest BCUT2D eigenvalue weighted by Crippen LogP contribution is 2.22. The molecular weight excluding hydrogens is 408 g/mol. The molecule has 0 spiro atoms. The first-order chi connectivity index (χ1) is 14.1. The summed E-state index contributed by atoms with van der Waals surface area (Å²) in [7, 11) is -4.21. The van der Waals surface area contributed by atoms with Crippen LogP contribution in [0.15, 0.2) is 69.7 Å². The smallest absolute Gasteiger partial charge is 0.282 e. The van der Waals surface area contributed by atoms with E-state index in [1.165, 1.54) is 34.3 Å². The summed E-state index contributed by atoms with van der Waals surface area (Å²) in [6.07, 6.45) is 0.703. The summed E-state index contributed by atoms with van der Waals surface area (Å²) < 4.78 is 30.5. The Balaban J connectivity index is 0.000000177. The first-order valence-electron chi connectivity index (χ1n) is 9.02. The molecule has 0 atom stereocenters. The van der Waals surface area contributed by atoms with Crippen molar-refractivity contribution in [1.29, 1.82) is 0 Å². The van der Waals surface area contributed by atoms with Gasteiger partial charge in [0, 0.05) is 11.4 Å². The number of benzene rings is 2. The predicted molar refractivity (Wildman–Crippen MR) is 113 cm³/mol. The number of hydrazone groups is 2. The lowest BCUT2D eigenvalue weighted by Gasteiger charge is -2.11. The maximum Gasteiger partial charge on any atom is 0.294 e. The van der Waals surface area contributed by atoms with Crippen LogP contribution in [0.2, 0.25) is 0 Å². The molecule has 0 fully saturated rings. The van der Waals surface area contributed by atoms with Gasteiger partial charge >= 0.3 is 0 Å². The molecular formula is C20H20N4O5S. The molecule has 0 radical (unpaired) electrons. The van der Waals surface area contributed by atoms with Gasteiger partial charge in [-0.15, -0.1) is 0 Å². The summed E-state index contributed by atoms with van der Waals surface area (Å²) in [5, 5.41) is 10.8. The summed E-state index contributed by atoms with van der Waals surface area (Å²) in [5.74, 6) is -0.120. The Morgan fingerprint density at radius 3 is 1.57 bits per heavy atom. The van der Waals surface area contributed by atoms with E-state index in [2.05, 4.69) is 10.2 Å². The molecule has 2 aliphatic heterocycles. The zero-order valence-electron chi connectivity index (χ0n) is 16.4. The SMILES string of the molecule is CC1=NN(c2ccc(S(=O)(=O)O)cc2)C(=O)C1.CC1=NN(c2ccccc2)C(=O)C1. The summed E-state index contributed by atoms with van der Waals surface area (Å²) in [6, 6.07) is 14.7. The molecule has 2 aromatic rings. The zero-order chi connectivity index (χ0) is 21.9. The second-order valence-corrected chi connectivity index (χ2v) is 8.16. The van der Waals surface area contributed by atoms with E-state index in [1.807, 2.05) is 37.3 Å². The lowest BCUT2D eigenvalue weighted by atomic mass is 10.3. The maximum absolute atomic E-state index is 11.5. The molecule has 4 rings (SSSR count). The van der Waals surface area contributed by atoms with Crippen LogP contribution in [-0.2, 0) is 19.7 Å². The van der Waals surface area contributed by atoms with E-state index in [0.717, 1.165) is 11.4 Å². The van der Waals surface area contributed by atoms with E-state index in [-0.39, 0.29) is 23.1 Å². The van der Waals surface area contributed by atoms with Crippen LogP contribution in [0.3, 0.4) is 0 Å². The molecule has 2 heterocycles. The van der Waals surface area contributed by atoms with E-state index in [0.29, 0.717) is 17.8 Å². The number of anilines is 2. The highest BCUT2D eigenvalue weighted by Gasteiger charge is 2.23. The number of para-hydroxylation sites is 1. The topological polar surface area (TPSA) is 120 Å². The quantitative estimate of drug-likeness (QED) is 0.754. The predicted octanol–water partition coefficient (Wildman–Crippen LogP) is 2.85. The van der Waals surface area contributed by atoms with Crippen molar-refractivity contribution in [1.82, 2.24) is 0 Å². The van der Waals surface area contributed by atoms with Crippen LogP contribution in [0.1, 0.15) is 26.7 Å². The summed E-state index contributed by atoms with van der Waals surface area (Å²) in [5.41, 5.74) is 2.88. The van der Waals surface area contributed by atoms with Gasteiger partial charge in [0.05, 0.1) is 29.1 Å². The van der Waals surface area contributed by atoms with Gasteiger partial charge in [0.25, 0.3) is 21.9 Å². The minimum atomic E-state index is -4.21. The Labute approximate surface area is 174 Å². The number of rotatable bonds is 3. The van der Waals surface area contributed by atoms with Crippen LogP contribution in [-0.4, -0.2) is 36.2 Å². The Kier molecular flexibility index (Phi) is 6.09. The average molecular weight is 428 g/mol. The van der Waals surface area contributed by atoms with Gasteiger partial charge in [-0.05, 0) is 50.2 Å². The van der Waals surface area contributed by atoms with Crippen molar-refractivity contribution in [3.8, 4) is 0 Å². The Hall–Kier alpha value is -3.37. The van der Waals surface area contributed by atoms with Crippen molar-refractivity contribution in [3.05, 3.63) is 54.6 Å². The highest BCUT2D eigenvalue weighted by molar-refractivity contribution is 7.85. The second kappa shape index (κ2) is 8.56. The van der Waals surface area contributed by atoms with Crippen LogP contribution in [0.25, 0.3) is 0 Å². The molecule has 2 amide bonds. The standard InChI is InChI=1S/C10H10N2O4S.C10H10N2O/c1-7-6-10(13)12(11-7)8-2-4-9(5-3-8)17(14,15)16;1-8-7-10(13)12(11-8)9-5-3-2-4-6-9/h2-5H,6H2,1H3,(H,14,15,16);2-6H,7H2,1H3. The Morgan fingerprint density at radius 1 is 0.767 bits per heavy atom. The molecule has 10 heteroatoms. The van der Waals surface area contributed by atoms with Gasteiger partial charge in [0.15, 0.2) is 0 Å². The number of hydrogen-bond donors (Lipinski definition) is 1. The average Bonchev–Trinajstić information content (AvgIpc) is 3.22. The van der Waals surface area contributed by atoms with Crippen molar-refractivity contribution in [2.24, 2.45) is 10.2 Å². The number of amides is 2. The van der Waals surface area contributed by atoms with Crippen LogP contribution < -0.4 is 10.0 Å². The van der Waals surface area contributed by atoms with Gasteiger partial charge in [-0.25, -0.2) is 10.0 Å². The molecule has 0 saturated heterocycles. The minimum Gasteiger partial charge on any atom is -0.282 e. The molecule has 0 unspecified atom stereocenters. The van der Waals surface area contributed by atoms with Gasteiger partial charge in [-0.3, -0.25) is 14.1 Å². The van der Waals surface area contributed by atoms with E-state index in [9.17, 15) is 18.0 Å². The molecule has 2 aromatic carbocycles. The van der Waals surface area contributed by atoms with Crippen molar-refractivity contribution in [2.75, 3.05) is 10.0 Å². The van der Waals surface area contributed by atoms with Crippen LogP contribution in [0, 0.1) is 0 Å². The molecule has 2 aliphatic rings.